The molecule has 1 atom stereocenters. The van der Waals surface area contributed by atoms with Crippen LogP contribution in [0.5, 0.6) is 0 Å². The lowest BCUT2D eigenvalue weighted by Gasteiger charge is -2.35. The molecule has 7 heteroatoms. The van der Waals surface area contributed by atoms with Gasteiger partial charge in [0.1, 0.15) is 11.4 Å². The van der Waals surface area contributed by atoms with Gasteiger partial charge in [-0.3, -0.25) is 0 Å². The molecule has 3 heterocycles. The molecule has 3 rings (SSSR count). The monoisotopic (exact) mass is 362 g/mol. The topological polar surface area (TPSA) is 64.1 Å². The summed E-state index contributed by atoms with van der Waals surface area (Å²) in [5.41, 5.74) is -0.392. The van der Waals surface area contributed by atoms with Crippen LogP contribution < -0.4 is 10.4 Å². The van der Waals surface area contributed by atoms with Crippen LogP contribution in [0.1, 0.15) is 54.2 Å². The van der Waals surface area contributed by atoms with Gasteiger partial charge in [0, 0.05) is 6.54 Å². The first kappa shape index (κ1) is 19.6. The summed E-state index contributed by atoms with van der Waals surface area (Å²) in [6.07, 6.45) is 0. The average Bonchev–Trinajstić information content (AvgIpc) is 2.75. The fourth-order valence-corrected chi connectivity index (χ4v) is 3.18. The van der Waals surface area contributed by atoms with Crippen LogP contribution in [-0.2, 0) is 19.6 Å². The van der Waals surface area contributed by atoms with Gasteiger partial charge in [-0.15, -0.1) is 0 Å². The SMILES string of the molecule is C[C@@H]1COCCN1c1cc(B2OC(C)(C)C(C)(C)O2)cc(C(C)(C)O)n1. The predicted octanol–water partition coefficient (Wildman–Crippen LogP) is 1.83. The lowest BCUT2D eigenvalue weighted by molar-refractivity contribution is 0.00578. The summed E-state index contributed by atoms with van der Waals surface area (Å²) in [5, 5.41) is 10.6. The van der Waals surface area contributed by atoms with Crippen LogP contribution in [0.15, 0.2) is 12.1 Å². The van der Waals surface area contributed by atoms with E-state index in [9.17, 15) is 5.11 Å². The Morgan fingerprint density at radius 3 is 2.35 bits per heavy atom. The number of anilines is 1. The molecule has 0 bridgehead atoms. The number of aromatic nitrogens is 1. The van der Waals surface area contributed by atoms with E-state index in [1.807, 2.05) is 39.8 Å². The predicted molar refractivity (Wildman–Crippen MR) is 103 cm³/mol. The standard InChI is InChI=1S/C19H31BN2O4/c1-13-12-24-9-8-22(13)16-11-14(10-15(21-16)17(2,3)23)20-25-18(4,5)19(6,7)26-20/h10-11,13,23H,8-9,12H2,1-7H3/t13-/m1/s1. The van der Waals surface area contributed by atoms with Crippen LogP contribution in [0.4, 0.5) is 5.82 Å². The maximum absolute atomic E-state index is 10.6. The molecule has 2 aliphatic heterocycles. The lowest BCUT2D eigenvalue weighted by Crippen LogP contribution is -2.45. The van der Waals surface area contributed by atoms with Gasteiger partial charge in [0.25, 0.3) is 0 Å². The molecule has 2 aliphatic rings. The van der Waals surface area contributed by atoms with Gasteiger partial charge >= 0.3 is 7.12 Å². The summed E-state index contributed by atoms with van der Waals surface area (Å²) in [6.45, 7) is 15.9. The van der Waals surface area contributed by atoms with Crippen molar-refractivity contribution in [1.29, 1.82) is 0 Å². The number of rotatable bonds is 3. The van der Waals surface area contributed by atoms with Crippen molar-refractivity contribution in [2.45, 2.75) is 71.3 Å². The third kappa shape index (κ3) is 3.63. The zero-order valence-electron chi connectivity index (χ0n) is 17.0. The first-order valence-electron chi connectivity index (χ1n) is 9.35. The maximum Gasteiger partial charge on any atom is 0.495 e. The highest BCUT2D eigenvalue weighted by Gasteiger charge is 2.52. The maximum atomic E-state index is 10.6. The normalized spacial score (nSPS) is 25.6. The molecule has 1 N–H and O–H groups in total. The van der Waals surface area contributed by atoms with Crippen LogP contribution >= 0.6 is 0 Å². The number of ether oxygens (including phenoxy) is 1. The molecule has 0 amide bonds. The van der Waals surface area contributed by atoms with E-state index in [2.05, 4.69) is 11.8 Å². The summed E-state index contributed by atoms with van der Waals surface area (Å²) >= 11 is 0. The lowest BCUT2D eigenvalue weighted by atomic mass is 9.78. The van der Waals surface area contributed by atoms with Gasteiger partial charge < -0.3 is 24.1 Å². The highest BCUT2D eigenvalue weighted by atomic mass is 16.7. The second-order valence-corrected chi connectivity index (χ2v) is 8.91. The molecule has 144 valence electrons. The second-order valence-electron chi connectivity index (χ2n) is 8.91. The van der Waals surface area contributed by atoms with Gasteiger partial charge in [0.2, 0.25) is 0 Å². The Bertz CT molecular complexity index is 656. The Balaban J connectivity index is 2.01. The fraction of sp³-hybridized carbons (Fsp3) is 0.737. The molecule has 0 saturated carbocycles. The molecule has 0 unspecified atom stereocenters. The molecule has 6 nitrogen and oxygen atoms in total. The number of aliphatic hydroxyl groups is 1. The Kier molecular flexibility index (Phi) is 4.89. The van der Waals surface area contributed by atoms with Crippen LogP contribution in [-0.4, -0.2) is 54.2 Å². The first-order chi connectivity index (χ1) is 11.9. The van der Waals surface area contributed by atoms with Gasteiger partial charge in [-0.1, -0.05) is 0 Å². The van der Waals surface area contributed by atoms with E-state index in [-0.39, 0.29) is 6.04 Å². The zero-order valence-corrected chi connectivity index (χ0v) is 17.0. The van der Waals surface area contributed by atoms with E-state index >= 15 is 0 Å². The average molecular weight is 362 g/mol. The number of pyridine rings is 1. The molecule has 0 aromatic carbocycles. The molecule has 26 heavy (non-hydrogen) atoms. The van der Waals surface area contributed by atoms with Crippen LogP contribution in [0.3, 0.4) is 0 Å². The third-order valence-corrected chi connectivity index (χ3v) is 5.65. The van der Waals surface area contributed by atoms with E-state index in [1.165, 1.54) is 0 Å². The minimum Gasteiger partial charge on any atom is -0.399 e. The van der Waals surface area contributed by atoms with Gasteiger partial charge in [-0.25, -0.2) is 4.98 Å². The summed E-state index contributed by atoms with van der Waals surface area (Å²) in [7, 11) is -0.487. The van der Waals surface area contributed by atoms with Crippen LogP contribution in [0.2, 0.25) is 0 Å². The number of hydrogen-bond donors (Lipinski definition) is 1. The van der Waals surface area contributed by atoms with E-state index < -0.39 is 23.9 Å². The molecule has 1 aromatic rings. The van der Waals surface area contributed by atoms with Gasteiger partial charge in [0.05, 0.1) is 36.2 Å². The Hall–Kier alpha value is -1.15. The largest absolute Gasteiger partial charge is 0.495 e. The van der Waals surface area contributed by atoms with Crippen LogP contribution in [0, 0.1) is 0 Å². The highest BCUT2D eigenvalue weighted by Crippen LogP contribution is 2.37. The summed E-state index contributed by atoms with van der Waals surface area (Å²) in [4.78, 5) is 6.95. The minimum atomic E-state index is -1.05. The smallest absolute Gasteiger partial charge is 0.399 e. The third-order valence-electron chi connectivity index (χ3n) is 5.65. The Morgan fingerprint density at radius 1 is 1.19 bits per heavy atom. The van der Waals surface area contributed by atoms with Crippen molar-refractivity contribution in [3.05, 3.63) is 17.8 Å². The molecule has 2 saturated heterocycles. The quantitative estimate of drug-likeness (QED) is 0.828. The van der Waals surface area contributed by atoms with E-state index in [0.29, 0.717) is 18.9 Å². The molecular formula is C19H31BN2O4. The molecule has 2 fully saturated rings. The number of morpholine rings is 1. The van der Waals surface area contributed by atoms with E-state index in [0.717, 1.165) is 17.8 Å². The number of hydrogen-bond acceptors (Lipinski definition) is 6. The summed E-state index contributed by atoms with van der Waals surface area (Å²) < 4.78 is 18.0. The number of nitrogens with zero attached hydrogens (tertiary/aromatic N) is 2. The fourth-order valence-electron chi connectivity index (χ4n) is 3.18. The van der Waals surface area contributed by atoms with Crippen LogP contribution in [0.25, 0.3) is 0 Å². The van der Waals surface area contributed by atoms with E-state index in [1.54, 1.807) is 13.8 Å². The van der Waals surface area contributed by atoms with Crippen molar-refractivity contribution in [2.75, 3.05) is 24.7 Å². The minimum absolute atomic E-state index is 0.222. The van der Waals surface area contributed by atoms with Crippen molar-refractivity contribution in [3.63, 3.8) is 0 Å². The van der Waals surface area contributed by atoms with Crippen molar-refractivity contribution in [1.82, 2.24) is 4.98 Å². The van der Waals surface area contributed by atoms with Gasteiger partial charge in [-0.2, -0.15) is 0 Å². The highest BCUT2D eigenvalue weighted by molar-refractivity contribution is 6.62. The Morgan fingerprint density at radius 2 is 1.81 bits per heavy atom. The van der Waals surface area contributed by atoms with Crippen molar-refractivity contribution < 1.29 is 19.2 Å². The first-order valence-corrected chi connectivity index (χ1v) is 9.35. The molecule has 0 spiro atoms. The molecule has 0 aliphatic carbocycles. The van der Waals surface area contributed by atoms with Gasteiger partial charge in [0.15, 0.2) is 0 Å². The van der Waals surface area contributed by atoms with Gasteiger partial charge in [-0.05, 0) is 66.1 Å². The molecule has 0 radical (unpaired) electrons. The molecule has 1 aromatic heterocycles. The van der Waals surface area contributed by atoms with Crippen molar-refractivity contribution in [2.24, 2.45) is 0 Å². The Labute approximate surface area is 157 Å². The summed E-state index contributed by atoms with van der Waals surface area (Å²) in [6, 6.07) is 4.12. The van der Waals surface area contributed by atoms with Crippen molar-refractivity contribution in [3.8, 4) is 0 Å². The van der Waals surface area contributed by atoms with E-state index in [4.69, 9.17) is 19.0 Å². The van der Waals surface area contributed by atoms with Crippen molar-refractivity contribution >= 4 is 18.4 Å². The summed E-state index contributed by atoms with van der Waals surface area (Å²) in [5.74, 6) is 0.824. The zero-order chi connectivity index (χ0) is 19.3. The molecular weight excluding hydrogens is 331 g/mol. The second kappa shape index (κ2) is 6.48.